The van der Waals surface area contributed by atoms with E-state index in [9.17, 15) is 0 Å². The first-order valence-electron chi connectivity index (χ1n) is 31.2. The highest BCUT2D eigenvalue weighted by Crippen LogP contribution is 2.53. The third-order valence-electron chi connectivity index (χ3n) is 18.5. The third kappa shape index (κ3) is 8.46. The van der Waals surface area contributed by atoms with Crippen molar-refractivity contribution in [3.05, 3.63) is 340 Å². The molecular weight excluding hydrogens is 1110 g/mol. The highest BCUT2D eigenvalue weighted by atomic mass is 16.4. The van der Waals surface area contributed by atoms with Crippen LogP contribution in [-0.4, -0.2) is 13.4 Å². The number of furan rings is 1. The minimum Gasteiger partial charge on any atom is -0.440 e. The van der Waals surface area contributed by atoms with Crippen LogP contribution >= 0.6 is 0 Å². The fourth-order valence-electron chi connectivity index (χ4n) is 14.8. The quantitative estimate of drug-likeness (QED) is 0.119. The Balaban J connectivity index is 0.972. The Bertz CT molecular complexity index is 4950. The Morgan fingerprint density at radius 2 is 0.549 bits per heavy atom. The molecule has 0 fully saturated rings. The molecule has 0 spiro atoms. The largest absolute Gasteiger partial charge is 0.440 e. The van der Waals surface area contributed by atoms with E-state index in [-0.39, 0.29) is 13.4 Å². The van der Waals surface area contributed by atoms with Crippen molar-refractivity contribution in [2.45, 2.75) is 0 Å². The highest BCUT2D eigenvalue weighted by Gasteiger charge is 2.50. The molecule has 14 aromatic rings. The van der Waals surface area contributed by atoms with E-state index in [1.807, 2.05) is 0 Å². The summed E-state index contributed by atoms with van der Waals surface area (Å²) in [6.45, 7) is -0.472. The molecule has 0 aliphatic carbocycles. The average molecular weight is 1160 g/mol. The van der Waals surface area contributed by atoms with Crippen molar-refractivity contribution in [3.63, 3.8) is 0 Å². The van der Waals surface area contributed by atoms with Gasteiger partial charge in [-0.05, 0) is 172 Å². The molecule has 0 unspecified atom stereocenters. The zero-order valence-electron chi connectivity index (χ0n) is 49.6. The molecule has 5 heterocycles. The van der Waals surface area contributed by atoms with Gasteiger partial charge in [-0.3, -0.25) is 4.90 Å². The van der Waals surface area contributed by atoms with Crippen LogP contribution in [0.15, 0.2) is 344 Å². The predicted octanol–water partition coefficient (Wildman–Crippen LogP) is 18.1. The third-order valence-corrected chi connectivity index (χ3v) is 18.5. The summed E-state index contributed by atoms with van der Waals surface area (Å²) in [6.07, 6.45) is 0. The fourth-order valence-corrected chi connectivity index (χ4v) is 14.8. The lowest BCUT2D eigenvalue weighted by Gasteiger charge is -2.47. The molecule has 13 aromatic carbocycles. The highest BCUT2D eigenvalue weighted by molar-refractivity contribution is 7.03. The lowest BCUT2D eigenvalue weighted by molar-refractivity contribution is 0.590. The van der Waals surface area contributed by atoms with Crippen molar-refractivity contribution in [2.75, 3.05) is 29.4 Å². The number of rotatable bonds is 11. The van der Waals surface area contributed by atoms with Crippen LogP contribution in [0.2, 0.25) is 0 Å². The summed E-state index contributed by atoms with van der Waals surface area (Å²) in [4.78, 5) is 14.8. The van der Waals surface area contributed by atoms with Crippen molar-refractivity contribution < 1.29 is 4.42 Å². The molecule has 0 N–H and O–H groups in total. The second-order valence-electron chi connectivity index (χ2n) is 23.6. The summed E-state index contributed by atoms with van der Waals surface area (Å²) >= 11 is 0. The minimum atomic E-state index is -0.282. The fraction of sp³-hybridized carbons (Fsp3) is 0. The maximum absolute atomic E-state index is 7.49. The topological polar surface area (TPSA) is 32.6 Å². The molecule has 1 aromatic heterocycles. The molecular formula is C82H56B2N6O. The maximum Gasteiger partial charge on any atom is 0.256 e. The first-order chi connectivity index (χ1) is 45.2. The molecule has 91 heavy (non-hydrogen) atoms. The molecule has 0 bridgehead atoms. The van der Waals surface area contributed by atoms with Gasteiger partial charge in [-0.25, -0.2) is 0 Å². The van der Waals surface area contributed by atoms with Crippen LogP contribution in [0.1, 0.15) is 0 Å². The van der Waals surface area contributed by atoms with Gasteiger partial charge in [0.1, 0.15) is 5.76 Å². The first-order valence-corrected chi connectivity index (χ1v) is 31.2. The SMILES string of the molecule is c1ccc(-c2cc3c(o2)N(c2ccccc2)c2cc(N(c4ccccc4)c4ccccc4)cc4c2B3c2cc3c(cc2N4c2ccccc2)N(c2ccccc2)c2cc(N(c4ccccc4)c4ccccc4)cc4c2B3c2ccccc2N4c2ccccc2)cc1. The number of hydrogen-bond acceptors (Lipinski definition) is 7. The van der Waals surface area contributed by atoms with Gasteiger partial charge in [0.2, 0.25) is 0 Å². The summed E-state index contributed by atoms with van der Waals surface area (Å²) < 4.78 is 7.49. The molecule has 0 atom stereocenters. The Hall–Kier alpha value is -11.9. The van der Waals surface area contributed by atoms with Gasteiger partial charge in [0.25, 0.3) is 13.4 Å². The lowest BCUT2D eigenvalue weighted by atomic mass is 9.30. The van der Waals surface area contributed by atoms with Gasteiger partial charge in [-0.1, -0.05) is 200 Å². The molecule has 7 nitrogen and oxygen atoms in total. The number of fused-ring (bicyclic) bond motifs is 8. The van der Waals surface area contributed by atoms with Crippen molar-refractivity contribution in [3.8, 4) is 11.3 Å². The van der Waals surface area contributed by atoms with E-state index < -0.39 is 0 Å². The van der Waals surface area contributed by atoms with E-state index in [0.717, 1.165) is 119 Å². The first kappa shape index (κ1) is 52.2. The van der Waals surface area contributed by atoms with Crippen LogP contribution in [0.5, 0.6) is 0 Å². The number of benzene rings is 13. The normalized spacial score (nSPS) is 12.9. The Labute approximate surface area is 530 Å². The van der Waals surface area contributed by atoms with Gasteiger partial charge >= 0.3 is 0 Å². The van der Waals surface area contributed by atoms with Crippen LogP contribution in [-0.2, 0) is 0 Å². The van der Waals surface area contributed by atoms with Crippen LogP contribution in [0.4, 0.5) is 103 Å². The van der Waals surface area contributed by atoms with Gasteiger partial charge < -0.3 is 28.9 Å². The standard InChI is InChI=1S/C82H56B2N6O/c1-10-30-57(31-11-1)79-55-71-82(91-79)90(65-46-26-9-27-47-65)78-53-67(86(60-36-16-4-17-37-60)61-38-18-5-19-39-61)52-77-81(78)84(71)70-54-69-73(56-74(70)89(77)64-44-24-8-25-45-64)88(63-42-22-7-23-43-63)76-51-66(85(58-32-12-2-13-33-58)59-34-14-3-15-35-59)50-75-80(76)83(69)68-48-28-29-49-72(68)87(75)62-40-20-6-21-41-62/h1-56H. The van der Waals surface area contributed by atoms with Gasteiger partial charge in [0.05, 0.1) is 11.4 Å². The summed E-state index contributed by atoms with van der Waals surface area (Å²) in [7, 11) is 0. The molecule has 0 saturated heterocycles. The van der Waals surface area contributed by atoms with Crippen LogP contribution in [0, 0.1) is 0 Å². The van der Waals surface area contributed by atoms with Gasteiger partial charge in [0, 0.05) is 90.9 Å². The van der Waals surface area contributed by atoms with Crippen molar-refractivity contribution >= 4 is 149 Å². The predicted molar refractivity (Wildman–Crippen MR) is 382 cm³/mol. The number of nitrogens with zero attached hydrogens (tertiary/aromatic N) is 6. The molecule has 0 radical (unpaired) electrons. The van der Waals surface area contributed by atoms with Crippen molar-refractivity contribution in [2.24, 2.45) is 0 Å². The van der Waals surface area contributed by atoms with Crippen LogP contribution in [0.25, 0.3) is 11.3 Å². The van der Waals surface area contributed by atoms with E-state index in [2.05, 4.69) is 369 Å². The Kier molecular flexibility index (Phi) is 12.3. The van der Waals surface area contributed by atoms with Gasteiger partial charge in [0.15, 0.2) is 5.88 Å². The second kappa shape index (κ2) is 21.4. The Morgan fingerprint density at radius 3 is 0.956 bits per heavy atom. The van der Waals surface area contributed by atoms with Crippen LogP contribution in [0.3, 0.4) is 0 Å². The molecule has 4 aliphatic heterocycles. The number of anilines is 18. The van der Waals surface area contributed by atoms with E-state index in [1.165, 1.54) is 27.3 Å². The van der Waals surface area contributed by atoms with E-state index in [0.29, 0.717) is 0 Å². The molecule has 0 amide bonds. The van der Waals surface area contributed by atoms with Gasteiger partial charge in [-0.2, -0.15) is 0 Å². The number of hydrogen-bond donors (Lipinski definition) is 0. The summed E-state index contributed by atoms with van der Waals surface area (Å²) in [5.74, 6) is 1.61. The van der Waals surface area contributed by atoms with Gasteiger partial charge in [-0.15, -0.1) is 0 Å². The minimum absolute atomic E-state index is 0.191. The number of para-hydroxylation sites is 9. The zero-order chi connectivity index (χ0) is 59.9. The van der Waals surface area contributed by atoms with E-state index in [1.54, 1.807) is 0 Å². The molecule has 9 heteroatoms. The van der Waals surface area contributed by atoms with Crippen molar-refractivity contribution in [1.29, 1.82) is 0 Å². The maximum atomic E-state index is 7.49. The summed E-state index contributed by atoms with van der Waals surface area (Å²) in [6, 6.07) is 124. The zero-order valence-corrected chi connectivity index (χ0v) is 49.6. The van der Waals surface area contributed by atoms with E-state index >= 15 is 0 Å². The van der Waals surface area contributed by atoms with E-state index in [4.69, 9.17) is 4.42 Å². The van der Waals surface area contributed by atoms with Crippen LogP contribution < -0.4 is 62.2 Å². The summed E-state index contributed by atoms with van der Waals surface area (Å²) in [5, 5.41) is 0. The van der Waals surface area contributed by atoms with Crippen molar-refractivity contribution in [1.82, 2.24) is 0 Å². The molecule has 4 aliphatic rings. The smallest absolute Gasteiger partial charge is 0.256 e. The molecule has 426 valence electrons. The average Bonchev–Trinajstić information content (AvgIpc) is 1.42. The lowest BCUT2D eigenvalue weighted by Crippen LogP contribution is -2.65. The second-order valence-corrected chi connectivity index (χ2v) is 23.6. The molecule has 0 saturated carbocycles. The summed E-state index contributed by atoms with van der Waals surface area (Å²) in [5.41, 5.74) is 26.4. The Morgan fingerprint density at radius 1 is 0.231 bits per heavy atom. The monoisotopic (exact) mass is 1160 g/mol. The molecule has 18 rings (SSSR count).